The molecule has 0 radical (unpaired) electrons. The zero-order valence-electron chi connectivity index (χ0n) is 27.9. The van der Waals surface area contributed by atoms with Gasteiger partial charge in [-0.3, -0.25) is 9.59 Å². The molecule has 0 saturated carbocycles. The minimum absolute atomic E-state index is 0.0700. The van der Waals surface area contributed by atoms with Crippen molar-refractivity contribution in [3.05, 3.63) is 116 Å². The number of phenolic OH excluding ortho intramolecular Hbond substituents is 8. The molecule has 0 amide bonds. The van der Waals surface area contributed by atoms with Gasteiger partial charge in [0, 0.05) is 53.1 Å². The number of hydrogen-bond acceptors (Lipinski definition) is 11. The molecule has 1 heterocycles. The topological polar surface area (TPSA) is 209 Å². The van der Waals surface area contributed by atoms with Gasteiger partial charge in [-0.25, -0.2) is 0 Å². The highest BCUT2D eigenvalue weighted by atomic mass is 16.3. The minimum atomic E-state index is -1.22. The number of hydrogen-bond donors (Lipinski definition) is 8. The summed E-state index contributed by atoms with van der Waals surface area (Å²) in [6.45, 7) is 5.47. The Labute approximate surface area is 291 Å². The number of fused-ring (bicyclic) bond motifs is 1. The van der Waals surface area contributed by atoms with E-state index >= 15 is 0 Å². The maximum Gasteiger partial charge on any atom is 0.197 e. The fraction of sp³-hybridized carbons (Fsp3) is 0.200. The van der Waals surface area contributed by atoms with Crippen LogP contribution in [-0.4, -0.2) is 46.6 Å². The molecule has 8 N–H and O–H groups in total. The third kappa shape index (κ3) is 6.29. The monoisotopic (exact) mass is 692 g/mol. The molecule has 1 aliphatic rings. The number of ketones is 1. The number of aromatic hydroxyl groups is 8. The highest BCUT2D eigenvalue weighted by Crippen LogP contribution is 2.54. The molecule has 262 valence electrons. The summed E-state index contributed by atoms with van der Waals surface area (Å²) in [5, 5.41) is 86.1. The Balaban J connectivity index is 1.57. The molecule has 1 aromatic heterocycles. The lowest BCUT2D eigenvalue weighted by molar-refractivity contribution is 0.0876. The van der Waals surface area contributed by atoms with Crippen molar-refractivity contribution in [3.63, 3.8) is 0 Å². The first-order valence-corrected chi connectivity index (χ1v) is 16.1. The number of carbonyl (C=O) groups excluding carboxylic acids is 1. The van der Waals surface area contributed by atoms with E-state index in [9.17, 15) is 50.4 Å². The average Bonchev–Trinajstić information content (AvgIpc) is 3.03. The molecule has 6 rings (SSSR count). The van der Waals surface area contributed by atoms with Gasteiger partial charge in [0.05, 0.1) is 11.1 Å². The van der Waals surface area contributed by atoms with E-state index < -0.39 is 46.2 Å². The number of rotatable bonds is 7. The third-order valence-corrected chi connectivity index (χ3v) is 9.37. The van der Waals surface area contributed by atoms with E-state index in [0.29, 0.717) is 5.57 Å². The van der Waals surface area contributed by atoms with Gasteiger partial charge in [0.25, 0.3) is 0 Å². The SMILES string of the molecule is CC(C)=CCc1c(O)ccc(C(=O)C2C(c3c(O)cc4oc(-c5ccc(O)cc5O)cc(=O)c4c3O)C=C(C)CC2c2ccc(O)cc2O)c1O. The largest absolute Gasteiger partial charge is 0.508 e. The van der Waals surface area contributed by atoms with E-state index in [-0.39, 0.29) is 86.1 Å². The molecule has 4 aromatic carbocycles. The molecule has 51 heavy (non-hydrogen) atoms. The Kier molecular flexibility index (Phi) is 8.90. The second kappa shape index (κ2) is 13.2. The lowest BCUT2D eigenvalue weighted by Crippen LogP contribution is -2.32. The molecule has 11 heteroatoms. The first-order valence-electron chi connectivity index (χ1n) is 16.1. The molecule has 0 spiro atoms. The average molecular weight is 693 g/mol. The van der Waals surface area contributed by atoms with Crippen LogP contribution in [0.25, 0.3) is 22.3 Å². The van der Waals surface area contributed by atoms with Crippen LogP contribution in [0.4, 0.5) is 0 Å². The zero-order chi connectivity index (χ0) is 36.9. The van der Waals surface area contributed by atoms with E-state index in [1.165, 1.54) is 36.4 Å². The van der Waals surface area contributed by atoms with E-state index in [2.05, 4.69) is 0 Å². The van der Waals surface area contributed by atoms with Crippen molar-refractivity contribution < 1.29 is 50.1 Å². The van der Waals surface area contributed by atoms with Crippen LogP contribution >= 0.6 is 0 Å². The number of allylic oxidation sites excluding steroid dienone is 4. The van der Waals surface area contributed by atoms with Crippen molar-refractivity contribution >= 4 is 16.8 Å². The van der Waals surface area contributed by atoms with Gasteiger partial charge in [0.2, 0.25) is 0 Å². The lowest BCUT2D eigenvalue weighted by Gasteiger charge is -2.37. The molecule has 0 fully saturated rings. The van der Waals surface area contributed by atoms with Gasteiger partial charge in [-0.05, 0) is 69.5 Å². The van der Waals surface area contributed by atoms with Gasteiger partial charge < -0.3 is 45.3 Å². The first kappa shape index (κ1) is 34.5. The van der Waals surface area contributed by atoms with E-state index in [0.717, 1.165) is 29.8 Å². The standard InChI is InChI=1S/C40H36O11/c1-18(2)4-7-24-28(43)11-10-25(38(24)48)39(49)35-26(22-8-5-20(41)14-29(22)44)12-19(3)13-27(35)36-31(46)17-34-37(40(36)50)32(47)16-33(51-34)23-9-6-21(42)15-30(23)45/h4-6,8-11,13-17,26-27,35,41-46,48,50H,7,12H2,1-3H3. The number of phenols is 8. The first-order chi connectivity index (χ1) is 24.2. The van der Waals surface area contributed by atoms with Crippen LogP contribution in [0.1, 0.15) is 66.1 Å². The van der Waals surface area contributed by atoms with Crippen molar-refractivity contribution in [2.75, 3.05) is 0 Å². The maximum absolute atomic E-state index is 14.8. The van der Waals surface area contributed by atoms with Crippen molar-refractivity contribution in [2.45, 2.75) is 45.4 Å². The van der Waals surface area contributed by atoms with E-state index in [1.807, 2.05) is 13.8 Å². The molecule has 11 nitrogen and oxygen atoms in total. The summed E-state index contributed by atoms with van der Waals surface area (Å²) < 4.78 is 5.85. The molecule has 0 bridgehead atoms. The van der Waals surface area contributed by atoms with Gasteiger partial charge in [0.1, 0.15) is 62.7 Å². The number of carbonyl (C=O) groups is 1. The van der Waals surface area contributed by atoms with Crippen molar-refractivity contribution in [3.8, 4) is 57.3 Å². The molecule has 0 aliphatic heterocycles. The van der Waals surface area contributed by atoms with E-state index in [1.54, 1.807) is 19.1 Å². The second-order valence-corrected chi connectivity index (χ2v) is 13.1. The molecule has 5 aromatic rings. The predicted molar refractivity (Wildman–Crippen MR) is 189 cm³/mol. The summed E-state index contributed by atoms with van der Waals surface area (Å²) in [5.74, 6) is -6.90. The van der Waals surface area contributed by atoms with E-state index in [4.69, 9.17) is 4.42 Å². The van der Waals surface area contributed by atoms with Crippen molar-refractivity contribution in [1.29, 1.82) is 0 Å². The van der Waals surface area contributed by atoms with Crippen LogP contribution in [0.15, 0.2) is 93.2 Å². The van der Waals surface area contributed by atoms with Crippen LogP contribution in [-0.2, 0) is 6.42 Å². The predicted octanol–water partition coefficient (Wildman–Crippen LogP) is 7.33. The van der Waals surface area contributed by atoms with Gasteiger partial charge >= 0.3 is 0 Å². The second-order valence-electron chi connectivity index (χ2n) is 13.1. The quantitative estimate of drug-likeness (QED) is 0.0625. The molecule has 0 saturated heterocycles. The van der Waals surface area contributed by atoms with Crippen LogP contribution < -0.4 is 5.43 Å². The molecular weight excluding hydrogens is 656 g/mol. The third-order valence-electron chi connectivity index (χ3n) is 9.37. The number of Topliss-reactive ketones (excluding diaryl/α,β-unsaturated/α-hetero) is 1. The van der Waals surface area contributed by atoms with Gasteiger partial charge in [-0.15, -0.1) is 0 Å². The van der Waals surface area contributed by atoms with Crippen molar-refractivity contribution in [2.24, 2.45) is 5.92 Å². The maximum atomic E-state index is 14.8. The number of benzene rings is 4. The minimum Gasteiger partial charge on any atom is -0.508 e. The summed E-state index contributed by atoms with van der Waals surface area (Å²) in [6.07, 6.45) is 3.80. The fourth-order valence-corrected chi connectivity index (χ4v) is 6.97. The Morgan fingerprint density at radius 1 is 0.804 bits per heavy atom. The Bertz CT molecular complexity index is 2340. The summed E-state index contributed by atoms with van der Waals surface area (Å²) in [4.78, 5) is 28.4. The summed E-state index contributed by atoms with van der Waals surface area (Å²) in [7, 11) is 0. The Hall–Kier alpha value is -6.36. The Morgan fingerprint density at radius 3 is 2.16 bits per heavy atom. The molecular formula is C40H36O11. The normalized spacial score (nSPS) is 17.2. The Morgan fingerprint density at radius 2 is 1.49 bits per heavy atom. The van der Waals surface area contributed by atoms with Gasteiger partial charge in [-0.2, -0.15) is 0 Å². The highest BCUT2D eigenvalue weighted by molar-refractivity contribution is 6.03. The lowest BCUT2D eigenvalue weighted by atomic mass is 9.65. The molecule has 3 atom stereocenters. The van der Waals surface area contributed by atoms with Gasteiger partial charge in [-0.1, -0.05) is 29.4 Å². The van der Waals surface area contributed by atoms with Crippen LogP contribution in [0.3, 0.4) is 0 Å². The summed E-state index contributed by atoms with van der Waals surface area (Å²) >= 11 is 0. The van der Waals surface area contributed by atoms with Crippen LogP contribution in [0.5, 0.6) is 46.0 Å². The molecule has 1 aliphatic carbocycles. The smallest absolute Gasteiger partial charge is 0.197 e. The molecule has 3 unspecified atom stereocenters. The van der Waals surface area contributed by atoms with Crippen LogP contribution in [0, 0.1) is 5.92 Å². The van der Waals surface area contributed by atoms with Crippen LogP contribution in [0.2, 0.25) is 0 Å². The van der Waals surface area contributed by atoms with Crippen molar-refractivity contribution in [1.82, 2.24) is 0 Å². The van der Waals surface area contributed by atoms with Gasteiger partial charge in [0.15, 0.2) is 11.2 Å². The highest BCUT2D eigenvalue weighted by Gasteiger charge is 2.44. The fourth-order valence-electron chi connectivity index (χ4n) is 6.97. The summed E-state index contributed by atoms with van der Waals surface area (Å²) in [6, 6.07) is 12.4. The summed E-state index contributed by atoms with van der Waals surface area (Å²) in [5.41, 5.74) is 0.817. The zero-order valence-corrected chi connectivity index (χ0v) is 27.9.